The number of aromatic nitrogens is 1. The monoisotopic (exact) mass is 463 g/mol. The standard InChI is InChI=1S/C24H21N3O5S/c28-23(8-6-16-5-7-21-22(13-16)32-15-31-21)26-11-9-17(10-12-26)24-25-19(14-33-24)18-3-1-2-4-20(18)27(29)30/h1-8,13-14,17H,9-12,15H2. The summed E-state index contributed by atoms with van der Waals surface area (Å²) in [7, 11) is 0. The zero-order chi connectivity index (χ0) is 22.8. The molecule has 33 heavy (non-hydrogen) atoms. The molecule has 8 nitrogen and oxygen atoms in total. The van der Waals surface area contributed by atoms with Crippen LogP contribution in [0.1, 0.15) is 29.3 Å². The van der Waals surface area contributed by atoms with Gasteiger partial charge in [0.15, 0.2) is 11.5 Å². The highest BCUT2D eigenvalue weighted by Gasteiger charge is 2.26. The second kappa shape index (κ2) is 9.03. The number of thiazole rings is 1. The molecule has 1 saturated heterocycles. The first-order valence-corrected chi connectivity index (χ1v) is 11.5. The average molecular weight is 464 g/mol. The van der Waals surface area contributed by atoms with Crippen LogP contribution in [0.4, 0.5) is 5.69 Å². The van der Waals surface area contributed by atoms with Crippen molar-refractivity contribution < 1.29 is 19.2 Å². The van der Waals surface area contributed by atoms with E-state index in [1.165, 1.54) is 17.4 Å². The molecule has 168 valence electrons. The third kappa shape index (κ3) is 4.45. The Bertz CT molecular complexity index is 1230. The number of amides is 1. The fourth-order valence-electron chi connectivity index (χ4n) is 4.08. The molecule has 2 aliphatic heterocycles. The Kier molecular flexibility index (Phi) is 5.78. The van der Waals surface area contributed by atoms with E-state index in [0.717, 1.165) is 23.4 Å². The molecule has 1 aromatic heterocycles. The molecule has 0 spiro atoms. The largest absolute Gasteiger partial charge is 0.454 e. The molecular weight excluding hydrogens is 442 g/mol. The average Bonchev–Trinajstić information content (AvgIpc) is 3.52. The molecule has 0 unspecified atom stereocenters. The molecule has 0 aliphatic carbocycles. The Labute approximate surface area is 194 Å². The highest BCUT2D eigenvalue weighted by Crippen LogP contribution is 2.36. The normalized spacial score (nSPS) is 15.8. The van der Waals surface area contributed by atoms with Crippen molar-refractivity contribution >= 4 is 29.0 Å². The van der Waals surface area contributed by atoms with Crippen molar-refractivity contribution in [3.8, 4) is 22.8 Å². The van der Waals surface area contributed by atoms with Crippen LogP contribution in [-0.2, 0) is 4.79 Å². The van der Waals surface area contributed by atoms with Crippen LogP contribution < -0.4 is 9.47 Å². The quantitative estimate of drug-likeness (QED) is 0.304. The lowest BCUT2D eigenvalue weighted by Gasteiger charge is -2.30. The van der Waals surface area contributed by atoms with Crippen LogP contribution in [0, 0.1) is 10.1 Å². The molecular formula is C24H21N3O5S. The number of nitro groups is 1. The van der Waals surface area contributed by atoms with Gasteiger partial charge in [-0.25, -0.2) is 4.98 Å². The van der Waals surface area contributed by atoms with Crippen LogP contribution >= 0.6 is 11.3 Å². The fraction of sp³-hybridized carbons (Fsp3) is 0.250. The summed E-state index contributed by atoms with van der Waals surface area (Å²) in [6, 6.07) is 12.2. The molecule has 0 N–H and O–H groups in total. The van der Waals surface area contributed by atoms with Crippen molar-refractivity contribution in [3.63, 3.8) is 0 Å². The van der Waals surface area contributed by atoms with Crippen LogP contribution in [-0.4, -0.2) is 40.6 Å². The van der Waals surface area contributed by atoms with E-state index in [2.05, 4.69) is 0 Å². The summed E-state index contributed by atoms with van der Waals surface area (Å²) >= 11 is 1.52. The molecule has 3 aromatic rings. The molecule has 1 amide bonds. The van der Waals surface area contributed by atoms with Crippen molar-refractivity contribution in [1.82, 2.24) is 9.88 Å². The van der Waals surface area contributed by atoms with E-state index in [-0.39, 0.29) is 29.2 Å². The first kappa shape index (κ1) is 21.1. The number of carbonyl (C=O) groups excluding carboxylic acids is 1. The predicted octanol–water partition coefficient (Wildman–Crippen LogP) is 4.87. The van der Waals surface area contributed by atoms with E-state index in [4.69, 9.17) is 14.5 Å². The summed E-state index contributed by atoms with van der Waals surface area (Å²) in [5.41, 5.74) is 2.11. The number of carbonyl (C=O) groups is 1. The molecule has 3 heterocycles. The predicted molar refractivity (Wildman–Crippen MR) is 124 cm³/mol. The van der Waals surface area contributed by atoms with E-state index in [0.29, 0.717) is 35.8 Å². The number of hydrogen-bond donors (Lipinski definition) is 0. The molecule has 5 rings (SSSR count). The van der Waals surface area contributed by atoms with Crippen LogP contribution in [0.3, 0.4) is 0 Å². The Morgan fingerprint density at radius 3 is 2.76 bits per heavy atom. The van der Waals surface area contributed by atoms with Gasteiger partial charge in [0.1, 0.15) is 0 Å². The van der Waals surface area contributed by atoms with Gasteiger partial charge >= 0.3 is 0 Å². The van der Waals surface area contributed by atoms with Crippen molar-refractivity contribution in [2.45, 2.75) is 18.8 Å². The topological polar surface area (TPSA) is 94.8 Å². The van der Waals surface area contributed by atoms with Gasteiger partial charge in [-0.15, -0.1) is 11.3 Å². The van der Waals surface area contributed by atoms with E-state index >= 15 is 0 Å². The molecule has 0 radical (unpaired) electrons. The maximum atomic E-state index is 12.6. The SMILES string of the molecule is O=C(C=Cc1ccc2c(c1)OCO2)N1CCC(c2nc(-c3ccccc3[N+](=O)[O-])cs2)CC1. The zero-order valence-corrected chi connectivity index (χ0v) is 18.5. The number of rotatable bonds is 5. The van der Waals surface area contributed by atoms with Crippen LogP contribution in [0.5, 0.6) is 11.5 Å². The molecule has 1 fully saturated rings. The van der Waals surface area contributed by atoms with Gasteiger partial charge in [0.2, 0.25) is 12.7 Å². The molecule has 2 aliphatic rings. The van der Waals surface area contributed by atoms with Gasteiger partial charge in [-0.3, -0.25) is 14.9 Å². The van der Waals surface area contributed by atoms with Crippen LogP contribution in [0.15, 0.2) is 53.9 Å². The van der Waals surface area contributed by atoms with E-state index < -0.39 is 0 Å². The molecule has 0 saturated carbocycles. The second-order valence-electron chi connectivity index (χ2n) is 7.89. The highest BCUT2D eigenvalue weighted by molar-refractivity contribution is 7.10. The third-order valence-electron chi connectivity index (χ3n) is 5.87. The van der Waals surface area contributed by atoms with Gasteiger partial charge < -0.3 is 14.4 Å². The molecule has 0 bridgehead atoms. The summed E-state index contributed by atoms with van der Waals surface area (Å²) in [5.74, 6) is 1.63. The lowest BCUT2D eigenvalue weighted by molar-refractivity contribution is -0.384. The summed E-state index contributed by atoms with van der Waals surface area (Å²) in [5, 5.41) is 14.2. The van der Waals surface area contributed by atoms with Crippen molar-refractivity contribution in [1.29, 1.82) is 0 Å². The molecule has 9 heteroatoms. The number of nitro benzene ring substituents is 1. The van der Waals surface area contributed by atoms with E-state index in [9.17, 15) is 14.9 Å². The number of hydrogen-bond acceptors (Lipinski definition) is 7. The van der Waals surface area contributed by atoms with Crippen LogP contribution in [0.2, 0.25) is 0 Å². The summed E-state index contributed by atoms with van der Waals surface area (Å²) in [4.78, 5) is 30.1. The van der Waals surface area contributed by atoms with Crippen molar-refractivity contribution in [2.24, 2.45) is 0 Å². The molecule has 0 atom stereocenters. The maximum Gasteiger partial charge on any atom is 0.278 e. The van der Waals surface area contributed by atoms with E-state index in [1.807, 2.05) is 28.5 Å². The maximum absolute atomic E-state index is 12.6. The number of ether oxygens (including phenoxy) is 2. The smallest absolute Gasteiger partial charge is 0.278 e. The first-order chi connectivity index (χ1) is 16.1. The minimum atomic E-state index is -0.379. The molecule has 2 aromatic carbocycles. The summed E-state index contributed by atoms with van der Waals surface area (Å²) < 4.78 is 10.7. The lowest BCUT2D eigenvalue weighted by atomic mass is 9.97. The Morgan fingerprint density at radius 1 is 1.15 bits per heavy atom. The lowest BCUT2D eigenvalue weighted by Crippen LogP contribution is -2.36. The number of fused-ring (bicyclic) bond motifs is 1. The Hall–Kier alpha value is -3.72. The summed E-state index contributed by atoms with van der Waals surface area (Å²) in [6.45, 7) is 1.52. The van der Waals surface area contributed by atoms with Gasteiger partial charge in [-0.1, -0.05) is 18.2 Å². The number of nitrogens with zero attached hydrogens (tertiary/aromatic N) is 3. The van der Waals surface area contributed by atoms with Gasteiger partial charge in [-0.2, -0.15) is 0 Å². The van der Waals surface area contributed by atoms with Gasteiger partial charge in [0.25, 0.3) is 5.69 Å². The van der Waals surface area contributed by atoms with Crippen molar-refractivity contribution in [2.75, 3.05) is 19.9 Å². The first-order valence-electron chi connectivity index (χ1n) is 10.6. The third-order valence-corrected chi connectivity index (χ3v) is 6.88. The van der Waals surface area contributed by atoms with Gasteiger partial charge in [0, 0.05) is 36.5 Å². The summed E-state index contributed by atoms with van der Waals surface area (Å²) in [6.07, 6.45) is 5.00. The fourth-order valence-corrected chi connectivity index (χ4v) is 5.08. The Morgan fingerprint density at radius 2 is 1.94 bits per heavy atom. The number of benzene rings is 2. The van der Waals surface area contributed by atoms with Crippen molar-refractivity contribution in [3.05, 3.63) is 74.6 Å². The number of likely N-dealkylation sites (tertiary alicyclic amines) is 1. The Balaban J connectivity index is 1.20. The van der Waals surface area contributed by atoms with Gasteiger partial charge in [0.05, 0.1) is 21.2 Å². The zero-order valence-electron chi connectivity index (χ0n) is 17.7. The highest BCUT2D eigenvalue weighted by atomic mass is 32.1. The number of piperidine rings is 1. The van der Waals surface area contributed by atoms with Crippen LogP contribution in [0.25, 0.3) is 17.3 Å². The number of para-hydroxylation sites is 1. The minimum Gasteiger partial charge on any atom is -0.454 e. The van der Waals surface area contributed by atoms with Gasteiger partial charge in [-0.05, 0) is 42.7 Å². The second-order valence-corrected chi connectivity index (χ2v) is 8.78. The van der Waals surface area contributed by atoms with E-state index in [1.54, 1.807) is 30.4 Å². The minimum absolute atomic E-state index is 0.0224.